The zero-order chi connectivity index (χ0) is 14.7. The Labute approximate surface area is 124 Å². The molecule has 1 saturated heterocycles. The van der Waals surface area contributed by atoms with Crippen LogP contribution in [-0.4, -0.2) is 38.2 Å². The predicted octanol–water partition coefficient (Wildman–Crippen LogP) is 2.59. The van der Waals surface area contributed by atoms with Crippen LogP contribution in [0.3, 0.4) is 0 Å². The Morgan fingerprint density at radius 2 is 1.62 bits per heavy atom. The van der Waals surface area contributed by atoms with Crippen LogP contribution in [0.1, 0.15) is 0 Å². The molecule has 1 aromatic heterocycles. The topological polar surface area (TPSA) is 31.4 Å². The summed E-state index contributed by atoms with van der Waals surface area (Å²) in [6, 6.07) is 12.7. The minimum atomic E-state index is -0.189. The molecular weight excluding hydrogens is 267 g/mol. The van der Waals surface area contributed by atoms with Crippen molar-refractivity contribution in [1.29, 1.82) is 0 Å². The van der Waals surface area contributed by atoms with Gasteiger partial charge in [-0.25, -0.2) is 9.37 Å². The highest BCUT2D eigenvalue weighted by molar-refractivity contribution is 5.51. The van der Waals surface area contributed by atoms with Crippen molar-refractivity contribution in [3.05, 3.63) is 48.3 Å². The van der Waals surface area contributed by atoms with Crippen molar-refractivity contribution >= 4 is 17.3 Å². The van der Waals surface area contributed by atoms with Crippen molar-refractivity contribution in [2.75, 3.05) is 48.3 Å². The first-order chi connectivity index (χ1) is 10.3. The molecule has 1 aliphatic heterocycles. The number of hydrogen-bond acceptors (Lipinski definition) is 4. The number of rotatable bonds is 3. The van der Waals surface area contributed by atoms with Crippen molar-refractivity contribution in [1.82, 2.24) is 4.98 Å². The van der Waals surface area contributed by atoms with Gasteiger partial charge in [0.2, 0.25) is 0 Å². The van der Waals surface area contributed by atoms with Crippen LogP contribution in [0.4, 0.5) is 21.7 Å². The summed E-state index contributed by atoms with van der Waals surface area (Å²) < 4.78 is 13.0. The van der Waals surface area contributed by atoms with E-state index in [0.29, 0.717) is 0 Å². The van der Waals surface area contributed by atoms with Crippen molar-refractivity contribution in [3.8, 4) is 0 Å². The molecule has 1 fully saturated rings. The van der Waals surface area contributed by atoms with Gasteiger partial charge in [-0.05, 0) is 36.4 Å². The Morgan fingerprint density at radius 1 is 0.952 bits per heavy atom. The summed E-state index contributed by atoms with van der Waals surface area (Å²) in [5.41, 5.74) is 1.08. The quantitative estimate of drug-likeness (QED) is 0.940. The lowest BCUT2D eigenvalue weighted by Crippen LogP contribution is -2.46. The van der Waals surface area contributed by atoms with Gasteiger partial charge in [0.15, 0.2) is 0 Å². The highest BCUT2D eigenvalue weighted by Gasteiger charge is 2.18. The highest BCUT2D eigenvalue weighted by Crippen LogP contribution is 2.20. The molecular formula is C16H19FN4. The Bertz CT molecular complexity index is 591. The van der Waals surface area contributed by atoms with E-state index in [0.717, 1.165) is 43.5 Å². The van der Waals surface area contributed by atoms with E-state index in [-0.39, 0.29) is 5.82 Å². The van der Waals surface area contributed by atoms with Crippen LogP contribution in [0.25, 0.3) is 0 Å². The average molecular weight is 286 g/mol. The third-order valence-corrected chi connectivity index (χ3v) is 3.79. The van der Waals surface area contributed by atoms with Gasteiger partial charge in [-0.1, -0.05) is 6.07 Å². The number of hydrogen-bond donors (Lipinski definition) is 1. The summed E-state index contributed by atoms with van der Waals surface area (Å²) >= 11 is 0. The first kappa shape index (κ1) is 13.7. The summed E-state index contributed by atoms with van der Waals surface area (Å²) in [5.74, 6) is 1.69. The van der Waals surface area contributed by atoms with Gasteiger partial charge >= 0.3 is 0 Å². The summed E-state index contributed by atoms with van der Waals surface area (Å²) in [4.78, 5) is 9.13. The zero-order valence-corrected chi connectivity index (χ0v) is 12.1. The average Bonchev–Trinajstić information content (AvgIpc) is 2.56. The van der Waals surface area contributed by atoms with E-state index >= 15 is 0 Å². The summed E-state index contributed by atoms with van der Waals surface area (Å²) in [7, 11) is 1.87. The molecule has 4 nitrogen and oxygen atoms in total. The monoisotopic (exact) mass is 286 g/mol. The van der Waals surface area contributed by atoms with Crippen molar-refractivity contribution in [3.63, 3.8) is 0 Å². The lowest BCUT2D eigenvalue weighted by atomic mass is 10.2. The van der Waals surface area contributed by atoms with Gasteiger partial charge in [0.05, 0.1) is 0 Å². The van der Waals surface area contributed by atoms with Gasteiger partial charge in [0.25, 0.3) is 0 Å². The number of piperazine rings is 1. The maximum absolute atomic E-state index is 13.0. The molecule has 21 heavy (non-hydrogen) atoms. The number of pyridine rings is 1. The SMILES string of the molecule is CNc1cccc(N2CCN(c3ccc(F)cc3)CC2)n1. The molecule has 0 spiro atoms. The number of aromatic nitrogens is 1. The second-order valence-corrected chi connectivity index (χ2v) is 5.08. The molecule has 3 rings (SSSR count). The van der Waals surface area contributed by atoms with E-state index in [2.05, 4.69) is 20.1 Å². The number of nitrogens with zero attached hydrogens (tertiary/aromatic N) is 3. The second-order valence-electron chi connectivity index (χ2n) is 5.08. The molecule has 2 aromatic rings. The first-order valence-corrected chi connectivity index (χ1v) is 7.16. The van der Waals surface area contributed by atoms with Gasteiger partial charge in [-0.15, -0.1) is 0 Å². The predicted molar refractivity (Wildman–Crippen MR) is 84.6 cm³/mol. The van der Waals surface area contributed by atoms with Crippen LogP contribution in [-0.2, 0) is 0 Å². The van der Waals surface area contributed by atoms with E-state index < -0.39 is 0 Å². The smallest absolute Gasteiger partial charge is 0.131 e. The molecule has 0 bridgehead atoms. The molecule has 1 N–H and O–H groups in total. The number of halogens is 1. The minimum Gasteiger partial charge on any atom is -0.373 e. The molecule has 0 amide bonds. The summed E-state index contributed by atoms with van der Waals surface area (Å²) in [6.45, 7) is 3.66. The van der Waals surface area contributed by atoms with Crippen molar-refractivity contribution in [2.24, 2.45) is 0 Å². The Kier molecular flexibility index (Phi) is 3.90. The van der Waals surface area contributed by atoms with E-state index in [1.54, 1.807) is 0 Å². The van der Waals surface area contributed by atoms with Crippen LogP contribution in [0.15, 0.2) is 42.5 Å². The van der Waals surface area contributed by atoms with E-state index in [4.69, 9.17) is 0 Å². The highest BCUT2D eigenvalue weighted by atomic mass is 19.1. The van der Waals surface area contributed by atoms with Gasteiger partial charge in [-0.2, -0.15) is 0 Å². The summed E-state index contributed by atoms with van der Waals surface area (Å²) in [5, 5.41) is 3.06. The molecule has 0 aliphatic carbocycles. The van der Waals surface area contributed by atoms with E-state index in [1.165, 1.54) is 12.1 Å². The van der Waals surface area contributed by atoms with E-state index in [9.17, 15) is 4.39 Å². The normalized spacial score (nSPS) is 15.1. The van der Waals surface area contributed by atoms with Crippen LogP contribution in [0.5, 0.6) is 0 Å². The molecule has 110 valence electrons. The van der Waals surface area contributed by atoms with Crippen LogP contribution in [0, 0.1) is 5.82 Å². The standard InChI is InChI=1S/C16H19FN4/c1-18-15-3-2-4-16(19-15)21-11-9-20(10-12-21)14-7-5-13(17)6-8-14/h2-8H,9-12H2,1H3,(H,18,19). The van der Waals surface area contributed by atoms with E-state index in [1.807, 2.05) is 37.4 Å². The van der Waals surface area contributed by atoms with Crippen molar-refractivity contribution < 1.29 is 4.39 Å². The fourth-order valence-corrected chi connectivity index (χ4v) is 2.58. The van der Waals surface area contributed by atoms with Crippen LogP contribution < -0.4 is 15.1 Å². The molecule has 0 radical (unpaired) electrons. The van der Waals surface area contributed by atoms with Crippen LogP contribution >= 0.6 is 0 Å². The van der Waals surface area contributed by atoms with Gasteiger partial charge < -0.3 is 15.1 Å². The Hall–Kier alpha value is -2.30. The number of nitrogens with one attached hydrogen (secondary N) is 1. The molecule has 0 saturated carbocycles. The molecule has 0 unspecified atom stereocenters. The summed E-state index contributed by atoms with van der Waals surface area (Å²) in [6.07, 6.45) is 0. The number of benzene rings is 1. The maximum atomic E-state index is 13.0. The fraction of sp³-hybridized carbons (Fsp3) is 0.312. The largest absolute Gasteiger partial charge is 0.373 e. The first-order valence-electron chi connectivity index (χ1n) is 7.16. The molecule has 2 heterocycles. The molecule has 1 aliphatic rings. The fourth-order valence-electron chi connectivity index (χ4n) is 2.58. The van der Waals surface area contributed by atoms with Gasteiger partial charge in [0.1, 0.15) is 17.5 Å². The van der Waals surface area contributed by atoms with Crippen LogP contribution in [0.2, 0.25) is 0 Å². The molecule has 1 aromatic carbocycles. The third kappa shape index (κ3) is 3.07. The second kappa shape index (κ2) is 5.99. The maximum Gasteiger partial charge on any atom is 0.131 e. The number of anilines is 3. The third-order valence-electron chi connectivity index (χ3n) is 3.79. The van der Waals surface area contributed by atoms with Crippen molar-refractivity contribution in [2.45, 2.75) is 0 Å². The minimum absolute atomic E-state index is 0.189. The lowest BCUT2D eigenvalue weighted by molar-refractivity contribution is 0.624. The molecule has 5 heteroatoms. The Morgan fingerprint density at radius 3 is 2.29 bits per heavy atom. The lowest BCUT2D eigenvalue weighted by Gasteiger charge is -2.36. The Balaban J connectivity index is 1.65. The molecule has 0 atom stereocenters. The van der Waals surface area contributed by atoms with Gasteiger partial charge in [-0.3, -0.25) is 0 Å². The zero-order valence-electron chi connectivity index (χ0n) is 12.1. The van der Waals surface area contributed by atoms with Gasteiger partial charge in [0, 0.05) is 38.9 Å².